The molecule has 4 rings (SSSR count). The fraction of sp³-hybridized carbons (Fsp3) is 0.286. The molecule has 2 N–H and O–H groups in total. The number of ether oxygens (including phenoxy) is 2. The minimum absolute atomic E-state index is 0.107. The van der Waals surface area contributed by atoms with Crippen LogP contribution in [-0.2, 0) is 20.1 Å². The van der Waals surface area contributed by atoms with Crippen LogP contribution >= 0.6 is 23.2 Å². The highest BCUT2D eigenvalue weighted by Crippen LogP contribution is 2.42. The lowest BCUT2D eigenvalue weighted by molar-refractivity contribution is -0.168. The smallest absolute Gasteiger partial charge is 0.258 e. The van der Waals surface area contributed by atoms with Crippen molar-refractivity contribution in [2.24, 2.45) is 5.73 Å². The van der Waals surface area contributed by atoms with E-state index in [9.17, 15) is 4.79 Å². The number of hydrogen-bond donors (Lipinski definition) is 1. The number of rotatable bonds is 4. The molecule has 1 fully saturated rings. The lowest BCUT2D eigenvalue weighted by atomic mass is 9.96. The van der Waals surface area contributed by atoms with Gasteiger partial charge >= 0.3 is 0 Å². The van der Waals surface area contributed by atoms with Gasteiger partial charge in [0.2, 0.25) is 0 Å². The zero-order chi connectivity index (χ0) is 19.9. The Bertz CT molecular complexity index is 968. The monoisotopic (exact) mass is 418 g/mol. The van der Waals surface area contributed by atoms with Crippen molar-refractivity contribution in [1.82, 2.24) is 0 Å². The molecule has 0 unspecified atom stereocenters. The van der Waals surface area contributed by atoms with Gasteiger partial charge in [-0.05, 0) is 36.4 Å². The number of hydrogen-bond acceptors (Lipinski definition) is 4. The van der Waals surface area contributed by atoms with Gasteiger partial charge in [0.05, 0.1) is 28.9 Å². The Morgan fingerprint density at radius 1 is 1.21 bits per heavy atom. The van der Waals surface area contributed by atoms with E-state index in [-0.39, 0.29) is 5.91 Å². The fourth-order valence-electron chi connectivity index (χ4n) is 3.71. The molecule has 0 aromatic heterocycles. The Morgan fingerprint density at radius 2 is 1.96 bits per heavy atom. The number of nitrogens with two attached hydrogens (primary N) is 1. The Kier molecular flexibility index (Phi) is 5.21. The molecule has 2 heterocycles. The van der Waals surface area contributed by atoms with Gasteiger partial charge in [-0.2, -0.15) is 0 Å². The van der Waals surface area contributed by atoms with Gasteiger partial charge in [0.25, 0.3) is 5.91 Å². The molecule has 2 aliphatic rings. The van der Waals surface area contributed by atoms with Crippen molar-refractivity contribution in [1.29, 1.82) is 0 Å². The van der Waals surface area contributed by atoms with Crippen LogP contribution in [-0.4, -0.2) is 32.7 Å². The quantitative estimate of drug-likeness (QED) is 0.760. The van der Waals surface area contributed by atoms with Crippen LogP contribution < -0.4 is 10.6 Å². The van der Waals surface area contributed by atoms with E-state index in [0.29, 0.717) is 47.4 Å². The molecule has 7 heteroatoms. The first-order chi connectivity index (χ1) is 13.5. The van der Waals surface area contributed by atoms with E-state index in [1.807, 2.05) is 24.3 Å². The van der Waals surface area contributed by atoms with Crippen LogP contribution in [0, 0.1) is 0 Å². The normalized spacial score (nSPS) is 19.5. The zero-order valence-corrected chi connectivity index (χ0v) is 16.9. The second-order valence-electron chi connectivity index (χ2n) is 6.79. The number of anilines is 1. The van der Waals surface area contributed by atoms with Crippen LogP contribution in [0.25, 0.3) is 11.6 Å². The minimum Gasteiger partial charge on any atom is -0.343 e. The average molecular weight is 419 g/mol. The number of carbonyl (C=O) groups excluding carboxylic acids is 1. The third kappa shape index (κ3) is 3.13. The largest absolute Gasteiger partial charge is 0.343 e. The number of benzene rings is 2. The van der Waals surface area contributed by atoms with E-state index < -0.39 is 5.79 Å². The van der Waals surface area contributed by atoms with Crippen LogP contribution in [0.1, 0.15) is 23.1 Å². The van der Waals surface area contributed by atoms with E-state index in [0.717, 1.165) is 16.8 Å². The fourth-order valence-corrected chi connectivity index (χ4v) is 4.08. The van der Waals surface area contributed by atoms with Crippen molar-refractivity contribution in [2.45, 2.75) is 12.2 Å². The predicted octanol–water partition coefficient (Wildman–Crippen LogP) is 4.06. The SMILES string of the molecule is CN1C(=O)/C(=C\c2cccc(Cl)c2Cl)c2cc(C3(CCN)OCCO3)ccc21. The first-order valence-corrected chi connectivity index (χ1v) is 9.79. The molecule has 0 spiro atoms. The molecular weight excluding hydrogens is 399 g/mol. The number of likely N-dealkylation sites (N-methyl/N-ethyl adjacent to an activating group) is 1. The van der Waals surface area contributed by atoms with Gasteiger partial charge in [-0.1, -0.05) is 41.4 Å². The summed E-state index contributed by atoms with van der Waals surface area (Å²) in [7, 11) is 1.75. The molecular formula is C21H20Cl2N2O3. The standard InChI is InChI=1S/C21H20Cl2N2O3/c1-25-18-6-5-14(21(7-8-24)27-9-10-28-21)12-15(18)16(20(25)26)11-13-3-2-4-17(22)19(13)23/h2-6,11-12H,7-10,24H2,1H3/b16-11-. The second-order valence-corrected chi connectivity index (χ2v) is 7.57. The number of nitrogens with zero attached hydrogens (tertiary/aromatic N) is 1. The van der Waals surface area contributed by atoms with Gasteiger partial charge in [0.15, 0.2) is 5.79 Å². The summed E-state index contributed by atoms with van der Waals surface area (Å²) >= 11 is 12.5. The van der Waals surface area contributed by atoms with E-state index in [2.05, 4.69) is 0 Å². The second kappa shape index (κ2) is 7.50. The highest BCUT2D eigenvalue weighted by molar-refractivity contribution is 6.43. The molecule has 5 nitrogen and oxygen atoms in total. The van der Waals surface area contributed by atoms with Crippen molar-refractivity contribution in [3.05, 3.63) is 63.1 Å². The van der Waals surface area contributed by atoms with Crippen molar-refractivity contribution < 1.29 is 14.3 Å². The van der Waals surface area contributed by atoms with Crippen LogP contribution in [0.4, 0.5) is 5.69 Å². The molecule has 28 heavy (non-hydrogen) atoms. The molecule has 2 aromatic rings. The molecule has 1 saturated heterocycles. The molecule has 0 bridgehead atoms. The number of carbonyl (C=O) groups is 1. The van der Waals surface area contributed by atoms with Gasteiger partial charge in [-0.3, -0.25) is 4.79 Å². The Morgan fingerprint density at radius 3 is 2.68 bits per heavy atom. The Balaban J connectivity index is 1.84. The first kappa shape index (κ1) is 19.4. The van der Waals surface area contributed by atoms with Gasteiger partial charge in [0.1, 0.15) is 0 Å². The highest BCUT2D eigenvalue weighted by Gasteiger charge is 2.40. The first-order valence-electron chi connectivity index (χ1n) is 9.03. The zero-order valence-electron chi connectivity index (χ0n) is 15.4. The van der Waals surface area contributed by atoms with Gasteiger partial charge in [-0.25, -0.2) is 0 Å². The summed E-state index contributed by atoms with van der Waals surface area (Å²) in [5.41, 5.74) is 9.49. The summed E-state index contributed by atoms with van der Waals surface area (Å²) in [6.45, 7) is 1.45. The summed E-state index contributed by atoms with van der Waals surface area (Å²) in [4.78, 5) is 14.5. The van der Waals surface area contributed by atoms with Gasteiger partial charge in [-0.15, -0.1) is 0 Å². The molecule has 146 valence electrons. The predicted molar refractivity (Wildman–Crippen MR) is 111 cm³/mol. The lowest BCUT2D eigenvalue weighted by Gasteiger charge is -2.28. The maximum absolute atomic E-state index is 12.9. The molecule has 2 aromatic carbocycles. The molecule has 0 radical (unpaired) electrons. The van der Waals surface area contributed by atoms with E-state index >= 15 is 0 Å². The minimum atomic E-state index is -0.868. The third-order valence-corrected chi connectivity index (χ3v) is 5.97. The van der Waals surface area contributed by atoms with E-state index in [1.165, 1.54) is 0 Å². The Hall–Kier alpha value is -1.89. The lowest BCUT2D eigenvalue weighted by Crippen LogP contribution is -2.30. The van der Waals surface area contributed by atoms with Crippen LogP contribution in [0.2, 0.25) is 10.0 Å². The Labute approximate surface area is 173 Å². The van der Waals surface area contributed by atoms with Gasteiger partial charge < -0.3 is 20.1 Å². The maximum Gasteiger partial charge on any atom is 0.258 e. The molecule has 1 amide bonds. The summed E-state index contributed by atoms with van der Waals surface area (Å²) in [6.07, 6.45) is 2.31. The summed E-state index contributed by atoms with van der Waals surface area (Å²) in [6, 6.07) is 11.1. The van der Waals surface area contributed by atoms with Gasteiger partial charge in [0, 0.05) is 30.2 Å². The number of halogens is 2. The summed E-state index contributed by atoms with van der Waals surface area (Å²) in [5.74, 6) is -0.975. The molecule has 0 saturated carbocycles. The molecule has 2 aliphatic heterocycles. The van der Waals surface area contributed by atoms with Crippen molar-refractivity contribution >= 4 is 46.4 Å². The highest BCUT2D eigenvalue weighted by atomic mass is 35.5. The number of fused-ring (bicyclic) bond motifs is 1. The average Bonchev–Trinajstić information content (AvgIpc) is 3.25. The topological polar surface area (TPSA) is 64.8 Å². The summed E-state index contributed by atoms with van der Waals surface area (Å²) < 4.78 is 11.8. The molecule has 0 atom stereocenters. The molecule has 0 aliphatic carbocycles. The van der Waals surface area contributed by atoms with Crippen LogP contribution in [0.15, 0.2) is 36.4 Å². The van der Waals surface area contributed by atoms with Crippen LogP contribution in [0.5, 0.6) is 0 Å². The van der Waals surface area contributed by atoms with Crippen molar-refractivity contribution in [2.75, 3.05) is 31.7 Å². The third-order valence-electron chi connectivity index (χ3n) is 5.13. The number of amides is 1. The van der Waals surface area contributed by atoms with E-state index in [4.69, 9.17) is 38.4 Å². The van der Waals surface area contributed by atoms with Crippen molar-refractivity contribution in [3.63, 3.8) is 0 Å². The maximum atomic E-state index is 12.9. The van der Waals surface area contributed by atoms with E-state index in [1.54, 1.807) is 30.2 Å². The summed E-state index contributed by atoms with van der Waals surface area (Å²) in [5, 5.41) is 0.859. The van der Waals surface area contributed by atoms with Crippen LogP contribution in [0.3, 0.4) is 0 Å². The van der Waals surface area contributed by atoms with Crippen molar-refractivity contribution in [3.8, 4) is 0 Å².